The van der Waals surface area contributed by atoms with Crippen LogP contribution in [0.4, 0.5) is 0 Å². The lowest BCUT2D eigenvalue weighted by atomic mass is 10.3. The van der Waals surface area contributed by atoms with Crippen molar-refractivity contribution in [2.75, 3.05) is 19.6 Å². The Labute approximate surface area is 106 Å². The number of rotatable bonds is 5. The van der Waals surface area contributed by atoms with E-state index in [0.717, 1.165) is 12.5 Å². The van der Waals surface area contributed by atoms with Gasteiger partial charge in [0.1, 0.15) is 5.75 Å². The summed E-state index contributed by atoms with van der Waals surface area (Å²) in [5, 5.41) is 0. The maximum atomic E-state index is 11.0. The second-order valence-electron chi connectivity index (χ2n) is 3.39. The maximum Gasteiger partial charge on any atom is 0.306 e. The van der Waals surface area contributed by atoms with Crippen molar-refractivity contribution in [3.63, 3.8) is 0 Å². The molecule has 0 amide bonds. The van der Waals surface area contributed by atoms with Crippen LogP contribution in [0.2, 0.25) is 0 Å². The van der Waals surface area contributed by atoms with Crippen LogP contribution in [0.3, 0.4) is 0 Å². The van der Waals surface area contributed by atoms with Crippen molar-refractivity contribution in [1.82, 2.24) is 0 Å². The van der Waals surface area contributed by atoms with Crippen LogP contribution in [-0.4, -0.2) is 36.5 Å². The van der Waals surface area contributed by atoms with Gasteiger partial charge >= 0.3 is 20.2 Å². The third-order valence-corrected chi connectivity index (χ3v) is 2.60. The highest BCUT2D eigenvalue weighted by molar-refractivity contribution is 7.86. The Hall–Kier alpha value is -1.48. The fourth-order valence-corrected chi connectivity index (χ4v) is 2.02. The van der Waals surface area contributed by atoms with Crippen LogP contribution in [0.25, 0.3) is 0 Å². The molecule has 0 aliphatic carbocycles. The lowest BCUT2D eigenvalue weighted by molar-refractivity contribution is 0.389. The molecule has 0 atom stereocenters. The van der Waals surface area contributed by atoms with Crippen molar-refractivity contribution >= 4 is 20.2 Å². The monoisotopic (exact) mass is 296 g/mol. The van der Waals surface area contributed by atoms with Crippen molar-refractivity contribution in [3.8, 4) is 17.2 Å². The molecular formula is C9H12O7S2. The molecule has 0 bridgehead atoms. The van der Waals surface area contributed by atoms with Crippen LogP contribution in [0.5, 0.6) is 17.2 Å². The molecule has 1 aromatic rings. The van der Waals surface area contributed by atoms with Gasteiger partial charge in [-0.1, -0.05) is 0 Å². The maximum absolute atomic E-state index is 11.0. The molecule has 0 saturated heterocycles. The summed E-state index contributed by atoms with van der Waals surface area (Å²) < 4.78 is 58.0. The molecule has 102 valence electrons. The summed E-state index contributed by atoms with van der Waals surface area (Å²) in [6.45, 7) is 0. The molecule has 0 fully saturated rings. The van der Waals surface area contributed by atoms with Crippen LogP contribution in [0, 0.1) is 0 Å². The van der Waals surface area contributed by atoms with E-state index in [-0.39, 0.29) is 17.2 Å². The van der Waals surface area contributed by atoms with E-state index in [1.807, 2.05) is 0 Å². The van der Waals surface area contributed by atoms with E-state index in [9.17, 15) is 16.8 Å². The van der Waals surface area contributed by atoms with Crippen molar-refractivity contribution in [2.24, 2.45) is 0 Å². The van der Waals surface area contributed by atoms with E-state index in [1.54, 1.807) is 0 Å². The molecular weight excluding hydrogens is 284 g/mol. The number of benzene rings is 1. The second-order valence-corrected chi connectivity index (χ2v) is 6.54. The van der Waals surface area contributed by atoms with E-state index >= 15 is 0 Å². The quantitative estimate of drug-likeness (QED) is 0.724. The number of ether oxygens (including phenoxy) is 1. The average molecular weight is 296 g/mol. The lowest BCUT2D eigenvalue weighted by Crippen LogP contribution is -2.08. The summed E-state index contributed by atoms with van der Waals surface area (Å²) in [4.78, 5) is 0. The first kappa shape index (κ1) is 14.6. The highest BCUT2D eigenvalue weighted by Crippen LogP contribution is 2.32. The zero-order valence-corrected chi connectivity index (χ0v) is 11.5. The van der Waals surface area contributed by atoms with Crippen molar-refractivity contribution in [1.29, 1.82) is 0 Å². The van der Waals surface area contributed by atoms with Gasteiger partial charge in [-0.05, 0) is 12.1 Å². The Balaban J connectivity index is 3.12. The molecule has 0 aliphatic heterocycles. The first-order chi connectivity index (χ1) is 8.11. The Bertz CT molecular complexity index is 631. The lowest BCUT2D eigenvalue weighted by Gasteiger charge is -2.10. The van der Waals surface area contributed by atoms with Crippen LogP contribution >= 0.6 is 0 Å². The van der Waals surface area contributed by atoms with E-state index < -0.39 is 20.2 Å². The van der Waals surface area contributed by atoms with Crippen LogP contribution < -0.4 is 13.1 Å². The minimum Gasteiger partial charge on any atom is -0.493 e. The van der Waals surface area contributed by atoms with Crippen LogP contribution in [0.15, 0.2) is 18.2 Å². The molecule has 18 heavy (non-hydrogen) atoms. The molecule has 0 aromatic heterocycles. The Kier molecular flexibility index (Phi) is 4.07. The smallest absolute Gasteiger partial charge is 0.306 e. The van der Waals surface area contributed by atoms with Gasteiger partial charge in [-0.3, -0.25) is 0 Å². The molecule has 1 aromatic carbocycles. The van der Waals surface area contributed by atoms with Crippen molar-refractivity contribution < 1.29 is 29.9 Å². The van der Waals surface area contributed by atoms with Gasteiger partial charge in [0.25, 0.3) is 0 Å². The summed E-state index contributed by atoms with van der Waals surface area (Å²) >= 11 is 0. The van der Waals surface area contributed by atoms with E-state index in [4.69, 9.17) is 4.74 Å². The van der Waals surface area contributed by atoms with Gasteiger partial charge in [-0.25, -0.2) is 0 Å². The first-order valence-electron chi connectivity index (χ1n) is 4.58. The molecule has 9 heteroatoms. The zero-order valence-electron chi connectivity index (χ0n) is 9.91. The standard InChI is InChI=1S/C9H12O7S2/c1-14-9-6-7(15-17(2,10)11)4-5-8(9)16-18(3,12)13/h4-6H,1-3H3. The third kappa shape index (κ3) is 4.80. The molecule has 0 heterocycles. The minimum absolute atomic E-state index is 0.00444. The highest BCUT2D eigenvalue weighted by atomic mass is 32.2. The molecule has 0 radical (unpaired) electrons. The predicted molar refractivity (Wildman–Crippen MR) is 63.9 cm³/mol. The van der Waals surface area contributed by atoms with Gasteiger partial charge in [0.15, 0.2) is 11.5 Å². The predicted octanol–water partition coefficient (Wildman–Crippen LogP) is 0.372. The van der Waals surface area contributed by atoms with Gasteiger partial charge in [0.05, 0.1) is 19.6 Å². The molecule has 0 spiro atoms. The third-order valence-electron chi connectivity index (χ3n) is 1.62. The Morgan fingerprint density at radius 3 is 1.89 bits per heavy atom. The Morgan fingerprint density at radius 2 is 1.44 bits per heavy atom. The molecule has 0 saturated carbocycles. The summed E-state index contributed by atoms with van der Waals surface area (Å²) in [7, 11) is -6.08. The van der Waals surface area contributed by atoms with Gasteiger partial charge < -0.3 is 13.1 Å². The van der Waals surface area contributed by atoms with Crippen LogP contribution in [-0.2, 0) is 20.2 Å². The molecule has 0 unspecified atom stereocenters. The fourth-order valence-electron chi connectivity index (χ4n) is 1.11. The van der Waals surface area contributed by atoms with Gasteiger partial charge in [-0.15, -0.1) is 0 Å². The van der Waals surface area contributed by atoms with E-state index in [2.05, 4.69) is 8.37 Å². The summed E-state index contributed by atoms with van der Waals surface area (Å²) in [5.41, 5.74) is 0. The highest BCUT2D eigenvalue weighted by Gasteiger charge is 2.13. The normalized spacial score (nSPS) is 11.9. The zero-order chi connectivity index (χ0) is 14.0. The van der Waals surface area contributed by atoms with Gasteiger partial charge in [-0.2, -0.15) is 16.8 Å². The summed E-state index contributed by atoms with van der Waals surface area (Å²) in [5.74, 6) is -0.0161. The molecule has 1 rings (SSSR count). The topological polar surface area (TPSA) is 96.0 Å². The van der Waals surface area contributed by atoms with E-state index in [0.29, 0.717) is 0 Å². The second kappa shape index (κ2) is 5.02. The number of methoxy groups -OCH3 is 1. The Morgan fingerprint density at radius 1 is 0.889 bits per heavy atom. The SMILES string of the molecule is COc1cc(OS(C)(=O)=O)ccc1OS(C)(=O)=O. The minimum atomic E-state index is -3.70. The number of hydrogen-bond acceptors (Lipinski definition) is 7. The fraction of sp³-hybridized carbons (Fsp3) is 0.333. The molecule has 0 aliphatic rings. The summed E-state index contributed by atoms with van der Waals surface area (Å²) in [6, 6.07) is 3.70. The largest absolute Gasteiger partial charge is 0.493 e. The average Bonchev–Trinajstić information content (AvgIpc) is 2.16. The molecule has 0 N–H and O–H groups in total. The molecule has 7 nitrogen and oxygen atoms in total. The van der Waals surface area contributed by atoms with Crippen molar-refractivity contribution in [2.45, 2.75) is 0 Å². The van der Waals surface area contributed by atoms with Gasteiger partial charge in [0.2, 0.25) is 0 Å². The number of hydrogen-bond donors (Lipinski definition) is 0. The van der Waals surface area contributed by atoms with Crippen molar-refractivity contribution in [3.05, 3.63) is 18.2 Å². The van der Waals surface area contributed by atoms with Gasteiger partial charge in [0, 0.05) is 6.07 Å². The summed E-state index contributed by atoms with van der Waals surface area (Å²) in [6.07, 6.45) is 1.77. The first-order valence-corrected chi connectivity index (χ1v) is 8.21. The van der Waals surface area contributed by atoms with E-state index in [1.165, 1.54) is 25.3 Å². The van der Waals surface area contributed by atoms with Crippen LogP contribution in [0.1, 0.15) is 0 Å².